The summed E-state index contributed by atoms with van der Waals surface area (Å²) in [7, 11) is 0. The zero-order valence-electron chi connectivity index (χ0n) is 16.4. The van der Waals surface area contributed by atoms with E-state index in [0.717, 1.165) is 36.3 Å². The highest BCUT2D eigenvalue weighted by Crippen LogP contribution is 2.39. The van der Waals surface area contributed by atoms with Crippen molar-refractivity contribution in [3.05, 3.63) is 18.2 Å². The number of piperidine rings is 2. The number of carbonyl (C=O) groups is 4. The first kappa shape index (κ1) is 19.4. The average Bonchev–Trinajstić information content (AvgIpc) is 3.34. The van der Waals surface area contributed by atoms with Gasteiger partial charge in [-0.1, -0.05) is 0 Å². The lowest BCUT2D eigenvalue weighted by molar-refractivity contribution is -0.144. The summed E-state index contributed by atoms with van der Waals surface area (Å²) < 4.78 is 0. The van der Waals surface area contributed by atoms with E-state index >= 15 is 0 Å². The van der Waals surface area contributed by atoms with E-state index in [0.29, 0.717) is 32.6 Å². The molecule has 0 aromatic carbocycles. The highest BCUT2D eigenvalue weighted by Gasteiger charge is 2.43. The van der Waals surface area contributed by atoms with Crippen molar-refractivity contribution in [2.24, 2.45) is 5.41 Å². The molecule has 5 amide bonds. The molecule has 0 bridgehead atoms. The summed E-state index contributed by atoms with van der Waals surface area (Å²) in [6.45, 7) is 2.16. The summed E-state index contributed by atoms with van der Waals surface area (Å²) in [4.78, 5) is 60.4. The van der Waals surface area contributed by atoms with E-state index in [2.05, 4.69) is 15.3 Å². The van der Waals surface area contributed by atoms with Gasteiger partial charge in [0, 0.05) is 56.3 Å². The molecule has 1 aromatic rings. The lowest BCUT2D eigenvalue weighted by Gasteiger charge is -2.48. The monoisotopic (exact) mass is 402 g/mol. The zero-order chi connectivity index (χ0) is 20.4. The van der Waals surface area contributed by atoms with E-state index in [9.17, 15) is 19.2 Å². The van der Waals surface area contributed by atoms with Gasteiger partial charge in [0.15, 0.2) is 0 Å². The van der Waals surface area contributed by atoms with Crippen molar-refractivity contribution in [1.82, 2.24) is 30.0 Å². The van der Waals surface area contributed by atoms with Crippen LogP contribution in [-0.4, -0.2) is 87.7 Å². The van der Waals surface area contributed by atoms with Gasteiger partial charge in [-0.3, -0.25) is 19.3 Å². The van der Waals surface area contributed by atoms with Crippen molar-refractivity contribution in [3.63, 3.8) is 0 Å². The normalized spacial score (nSPS) is 25.1. The van der Waals surface area contributed by atoms with Crippen molar-refractivity contribution < 1.29 is 19.2 Å². The van der Waals surface area contributed by atoms with Crippen LogP contribution in [0.1, 0.15) is 31.4 Å². The Labute approximate surface area is 168 Å². The topological polar surface area (TPSA) is 119 Å². The molecule has 10 heteroatoms. The van der Waals surface area contributed by atoms with Crippen LogP contribution in [0.4, 0.5) is 4.79 Å². The fourth-order valence-corrected chi connectivity index (χ4v) is 4.59. The number of nitrogens with zero attached hydrogens (tertiary/aromatic N) is 4. The number of urea groups is 1. The Morgan fingerprint density at radius 1 is 1.17 bits per heavy atom. The first-order valence-electron chi connectivity index (χ1n) is 10.1. The van der Waals surface area contributed by atoms with E-state index in [1.165, 1.54) is 0 Å². The second-order valence-corrected chi connectivity index (χ2v) is 8.20. The lowest BCUT2D eigenvalue weighted by atomic mass is 9.73. The highest BCUT2D eigenvalue weighted by molar-refractivity contribution is 6.04. The van der Waals surface area contributed by atoms with Gasteiger partial charge >= 0.3 is 6.03 Å². The van der Waals surface area contributed by atoms with Gasteiger partial charge in [0.05, 0.1) is 12.9 Å². The van der Waals surface area contributed by atoms with E-state index in [4.69, 9.17) is 0 Å². The van der Waals surface area contributed by atoms with Crippen LogP contribution in [0.2, 0.25) is 0 Å². The molecule has 4 heterocycles. The van der Waals surface area contributed by atoms with Crippen molar-refractivity contribution in [2.45, 2.75) is 32.1 Å². The number of aromatic nitrogens is 2. The number of imide groups is 1. The predicted molar refractivity (Wildman–Crippen MR) is 101 cm³/mol. The van der Waals surface area contributed by atoms with Crippen molar-refractivity contribution in [3.8, 4) is 0 Å². The number of nitrogens with one attached hydrogen (secondary N) is 2. The molecule has 0 unspecified atom stereocenters. The molecule has 29 heavy (non-hydrogen) atoms. The summed E-state index contributed by atoms with van der Waals surface area (Å²) in [6, 6.07) is -0.511. The number of carbonyl (C=O) groups excluding carboxylic acids is 4. The van der Waals surface area contributed by atoms with Gasteiger partial charge in [-0.25, -0.2) is 9.78 Å². The summed E-state index contributed by atoms with van der Waals surface area (Å²) >= 11 is 0. The largest absolute Gasteiger partial charge is 0.348 e. The van der Waals surface area contributed by atoms with Gasteiger partial charge in [0.25, 0.3) is 5.91 Å². The molecule has 0 radical (unpaired) electrons. The zero-order valence-corrected chi connectivity index (χ0v) is 16.4. The highest BCUT2D eigenvalue weighted by atomic mass is 16.2. The Morgan fingerprint density at radius 3 is 2.76 bits per heavy atom. The summed E-state index contributed by atoms with van der Waals surface area (Å²) in [5, 5.41) is 2.44. The number of rotatable bonds is 5. The minimum absolute atomic E-state index is 0.0521. The standard InChI is InChI=1S/C19H26N6O4/c26-15-2-5-19(12-24(15)7-3-14-8-20-13-22-14)4-1-6-23(11-19)17(28)10-25-16(27)9-21-18(25)29/h8,13H,1-7,9-12H2,(H,20,22)(H,21,29)/t19-/m0/s1. The molecule has 2 N–H and O–H groups in total. The number of amides is 5. The lowest BCUT2D eigenvalue weighted by Crippen LogP contribution is -2.56. The summed E-state index contributed by atoms with van der Waals surface area (Å²) in [5.74, 6) is -0.434. The number of H-pyrrole nitrogens is 1. The van der Waals surface area contributed by atoms with Crippen molar-refractivity contribution >= 4 is 23.8 Å². The molecule has 1 aromatic heterocycles. The van der Waals surface area contributed by atoms with Crippen LogP contribution in [0.25, 0.3) is 0 Å². The number of hydrogen-bond acceptors (Lipinski definition) is 5. The van der Waals surface area contributed by atoms with Gasteiger partial charge in [0.2, 0.25) is 11.8 Å². The quantitative estimate of drug-likeness (QED) is 0.658. The number of likely N-dealkylation sites (tertiary alicyclic amines) is 2. The SMILES string of the molecule is O=C1CC[C@]2(CCCN(C(=O)CN3C(=O)CNC3=O)C2)CN1CCc1cnc[nH]1. The molecular weight excluding hydrogens is 376 g/mol. The van der Waals surface area contributed by atoms with Gasteiger partial charge in [-0.05, 0) is 19.3 Å². The fourth-order valence-electron chi connectivity index (χ4n) is 4.59. The first-order chi connectivity index (χ1) is 14.0. The smallest absolute Gasteiger partial charge is 0.325 e. The van der Waals surface area contributed by atoms with Crippen LogP contribution in [-0.2, 0) is 20.8 Å². The molecule has 10 nitrogen and oxygen atoms in total. The Balaban J connectivity index is 1.38. The Bertz CT molecular complexity index is 794. The minimum atomic E-state index is -0.511. The third-order valence-corrected chi connectivity index (χ3v) is 6.20. The van der Waals surface area contributed by atoms with Crippen LogP contribution in [0.3, 0.4) is 0 Å². The van der Waals surface area contributed by atoms with Crippen LogP contribution in [0, 0.1) is 5.41 Å². The van der Waals surface area contributed by atoms with Crippen molar-refractivity contribution in [1.29, 1.82) is 0 Å². The molecule has 1 atom stereocenters. The van der Waals surface area contributed by atoms with Gasteiger partial charge in [0.1, 0.15) is 6.54 Å². The molecule has 0 aliphatic carbocycles. The molecule has 4 rings (SSSR count). The van der Waals surface area contributed by atoms with Crippen molar-refractivity contribution in [2.75, 3.05) is 39.3 Å². The second-order valence-electron chi connectivity index (χ2n) is 8.20. The molecule has 3 fully saturated rings. The van der Waals surface area contributed by atoms with Crippen LogP contribution >= 0.6 is 0 Å². The molecule has 3 aliphatic rings. The van der Waals surface area contributed by atoms with Crippen LogP contribution in [0.5, 0.6) is 0 Å². The van der Waals surface area contributed by atoms with Crippen LogP contribution < -0.4 is 5.32 Å². The van der Waals surface area contributed by atoms with E-state index in [1.54, 1.807) is 17.4 Å². The Hall–Kier alpha value is -2.91. The summed E-state index contributed by atoms with van der Waals surface area (Å²) in [5.41, 5.74) is 0.874. The average molecular weight is 402 g/mol. The maximum absolute atomic E-state index is 12.8. The summed E-state index contributed by atoms with van der Waals surface area (Å²) in [6.07, 6.45) is 7.18. The fraction of sp³-hybridized carbons (Fsp3) is 0.632. The second kappa shape index (κ2) is 7.84. The minimum Gasteiger partial charge on any atom is -0.348 e. The Morgan fingerprint density at radius 2 is 2.03 bits per heavy atom. The number of aromatic amines is 1. The maximum Gasteiger partial charge on any atom is 0.325 e. The van der Waals surface area contributed by atoms with E-state index in [1.807, 2.05) is 4.90 Å². The van der Waals surface area contributed by atoms with Gasteiger partial charge < -0.3 is 20.1 Å². The molecule has 1 spiro atoms. The molecule has 3 saturated heterocycles. The first-order valence-corrected chi connectivity index (χ1v) is 10.1. The molecule has 156 valence electrons. The number of imidazole rings is 1. The van der Waals surface area contributed by atoms with E-state index < -0.39 is 6.03 Å². The van der Waals surface area contributed by atoms with Crippen LogP contribution in [0.15, 0.2) is 12.5 Å². The third kappa shape index (κ3) is 4.10. The maximum atomic E-state index is 12.8. The Kier molecular flexibility index (Phi) is 5.25. The predicted octanol–water partition coefficient (Wildman–Crippen LogP) is -0.265. The van der Waals surface area contributed by atoms with E-state index in [-0.39, 0.29) is 36.2 Å². The number of hydrogen-bond donors (Lipinski definition) is 2. The molecular formula is C19H26N6O4. The van der Waals surface area contributed by atoms with Gasteiger partial charge in [-0.15, -0.1) is 0 Å². The van der Waals surface area contributed by atoms with Gasteiger partial charge in [-0.2, -0.15) is 0 Å². The molecule has 3 aliphatic heterocycles. The molecule has 0 saturated carbocycles. The third-order valence-electron chi connectivity index (χ3n) is 6.20.